The molecule has 0 aliphatic heterocycles. The van der Waals surface area contributed by atoms with Crippen molar-refractivity contribution in [3.63, 3.8) is 0 Å². The molecule has 1 heterocycles. The number of nitrogens with zero attached hydrogens (tertiary/aromatic N) is 1. The van der Waals surface area contributed by atoms with Crippen LogP contribution in [0.2, 0.25) is 0 Å². The van der Waals surface area contributed by atoms with Crippen LogP contribution in [0.4, 0.5) is 0 Å². The Labute approximate surface area is 132 Å². The zero-order valence-electron chi connectivity index (χ0n) is 12.6. The highest BCUT2D eigenvalue weighted by Gasteiger charge is 2.08. The highest BCUT2D eigenvalue weighted by Crippen LogP contribution is 2.11. The lowest BCUT2D eigenvalue weighted by Crippen LogP contribution is -2.44. The van der Waals surface area contributed by atoms with Gasteiger partial charge in [-0.15, -0.1) is 0 Å². The summed E-state index contributed by atoms with van der Waals surface area (Å²) in [4.78, 5) is 35.1. The fourth-order valence-electron chi connectivity index (χ4n) is 1.85. The van der Waals surface area contributed by atoms with Gasteiger partial charge in [0.1, 0.15) is 12.3 Å². The van der Waals surface area contributed by atoms with E-state index in [2.05, 4.69) is 10.9 Å². The predicted octanol–water partition coefficient (Wildman–Crippen LogP) is 0.708. The standard InChI is InChI=1S/C16H17N3O4/c1-2-23-13-8-6-12(7-9-13)16(22)18-17-14(20)11-19-10-4-3-5-15(19)21/h3-10H,2,11H2,1H3,(H,17,20)(H,18,22). The smallest absolute Gasteiger partial charge is 0.269 e. The molecule has 7 nitrogen and oxygen atoms in total. The largest absolute Gasteiger partial charge is 0.494 e. The molecule has 0 unspecified atom stereocenters. The lowest BCUT2D eigenvalue weighted by Gasteiger charge is -2.09. The lowest BCUT2D eigenvalue weighted by atomic mass is 10.2. The first kappa shape index (κ1) is 16.3. The van der Waals surface area contributed by atoms with Gasteiger partial charge in [-0.3, -0.25) is 25.2 Å². The molecule has 2 amide bonds. The van der Waals surface area contributed by atoms with Crippen LogP contribution < -0.4 is 21.1 Å². The van der Waals surface area contributed by atoms with Gasteiger partial charge >= 0.3 is 0 Å². The second kappa shape index (κ2) is 7.79. The fraction of sp³-hybridized carbons (Fsp3) is 0.188. The van der Waals surface area contributed by atoms with Gasteiger partial charge in [-0.1, -0.05) is 6.07 Å². The number of hydrogen-bond donors (Lipinski definition) is 2. The molecule has 2 N–H and O–H groups in total. The third-order valence-electron chi connectivity index (χ3n) is 2.96. The minimum Gasteiger partial charge on any atom is -0.494 e. The Morgan fingerprint density at radius 3 is 2.48 bits per heavy atom. The zero-order chi connectivity index (χ0) is 16.7. The molecule has 2 aromatic rings. The lowest BCUT2D eigenvalue weighted by molar-refractivity contribution is -0.122. The second-order valence-electron chi connectivity index (χ2n) is 4.63. The Morgan fingerprint density at radius 1 is 1.09 bits per heavy atom. The van der Waals surface area contributed by atoms with Crippen molar-refractivity contribution in [3.8, 4) is 5.75 Å². The summed E-state index contributed by atoms with van der Waals surface area (Å²) in [6.07, 6.45) is 1.50. The zero-order valence-corrected chi connectivity index (χ0v) is 12.6. The summed E-state index contributed by atoms with van der Waals surface area (Å²) in [5.41, 5.74) is 4.65. The van der Waals surface area contributed by atoms with E-state index in [4.69, 9.17) is 4.74 Å². The van der Waals surface area contributed by atoms with E-state index in [9.17, 15) is 14.4 Å². The van der Waals surface area contributed by atoms with E-state index in [0.717, 1.165) is 0 Å². The number of hydrogen-bond acceptors (Lipinski definition) is 4. The highest BCUT2D eigenvalue weighted by molar-refractivity contribution is 5.95. The number of pyridine rings is 1. The van der Waals surface area contributed by atoms with Crippen LogP contribution in [0.3, 0.4) is 0 Å². The summed E-state index contributed by atoms with van der Waals surface area (Å²) < 4.78 is 6.52. The maximum atomic E-state index is 11.9. The van der Waals surface area contributed by atoms with Gasteiger partial charge in [-0.25, -0.2) is 0 Å². The molecule has 0 spiro atoms. The van der Waals surface area contributed by atoms with Crippen LogP contribution in [-0.4, -0.2) is 23.0 Å². The SMILES string of the molecule is CCOc1ccc(C(=O)NNC(=O)Cn2ccccc2=O)cc1. The van der Waals surface area contributed by atoms with Crippen LogP contribution in [0.1, 0.15) is 17.3 Å². The third-order valence-corrected chi connectivity index (χ3v) is 2.96. The van der Waals surface area contributed by atoms with E-state index in [1.807, 2.05) is 6.92 Å². The molecule has 23 heavy (non-hydrogen) atoms. The summed E-state index contributed by atoms with van der Waals surface area (Å²) in [6, 6.07) is 11.1. The molecule has 0 aliphatic rings. The number of hydrazine groups is 1. The Bertz CT molecular complexity index is 737. The molecule has 1 aromatic carbocycles. The monoisotopic (exact) mass is 315 g/mol. The Balaban J connectivity index is 1.87. The molecule has 0 aliphatic carbocycles. The van der Waals surface area contributed by atoms with E-state index in [-0.39, 0.29) is 12.1 Å². The summed E-state index contributed by atoms with van der Waals surface area (Å²) in [6.45, 7) is 2.23. The molecule has 1 aromatic heterocycles. The average molecular weight is 315 g/mol. The first-order valence-electron chi connectivity index (χ1n) is 7.07. The van der Waals surface area contributed by atoms with Crippen molar-refractivity contribution in [2.75, 3.05) is 6.61 Å². The number of nitrogens with one attached hydrogen (secondary N) is 2. The van der Waals surface area contributed by atoms with Gasteiger partial charge in [0.25, 0.3) is 17.4 Å². The number of aromatic nitrogens is 1. The van der Waals surface area contributed by atoms with E-state index in [1.54, 1.807) is 36.4 Å². The van der Waals surface area contributed by atoms with Gasteiger partial charge in [-0.2, -0.15) is 0 Å². The quantitative estimate of drug-likeness (QED) is 0.795. The van der Waals surface area contributed by atoms with Crippen molar-refractivity contribution in [2.45, 2.75) is 13.5 Å². The maximum absolute atomic E-state index is 11.9. The molecule has 0 atom stereocenters. The molecule has 120 valence electrons. The fourth-order valence-corrected chi connectivity index (χ4v) is 1.85. The highest BCUT2D eigenvalue weighted by atomic mass is 16.5. The van der Waals surface area contributed by atoms with Crippen LogP contribution in [0, 0.1) is 0 Å². The van der Waals surface area contributed by atoms with Crippen molar-refractivity contribution in [3.05, 3.63) is 64.6 Å². The molecule has 2 rings (SSSR count). The molecule has 0 bridgehead atoms. The molecule has 0 radical (unpaired) electrons. The summed E-state index contributed by atoms with van der Waals surface area (Å²) in [5.74, 6) is -0.295. The van der Waals surface area contributed by atoms with Crippen LogP contribution >= 0.6 is 0 Å². The Kier molecular flexibility index (Phi) is 5.51. The Hall–Kier alpha value is -3.09. The minimum absolute atomic E-state index is 0.177. The van der Waals surface area contributed by atoms with Gasteiger partial charge in [-0.05, 0) is 37.3 Å². The number of carbonyl (C=O) groups excluding carboxylic acids is 2. The number of benzene rings is 1. The van der Waals surface area contributed by atoms with Gasteiger partial charge in [0.05, 0.1) is 6.61 Å². The van der Waals surface area contributed by atoms with E-state index in [0.29, 0.717) is 17.9 Å². The van der Waals surface area contributed by atoms with Crippen molar-refractivity contribution >= 4 is 11.8 Å². The molecular weight excluding hydrogens is 298 g/mol. The second-order valence-corrected chi connectivity index (χ2v) is 4.63. The molecule has 0 fully saturated rings. The first-order valence-corrected chi connectivity index (χ1v) is 7.07. The molecular formula is C16H17N3O4. The predicted molar refractivity (Wildman–Crippen MR) is 83.9 cm³/mol. The van der Waals surface area contributed by atoms with Crippen LogP contribution in [0.5, 0.6) is 5.75 Å². The minimum atomic E-state index is -0.502. The number of carbonyl (C=O) groups is 2. The number of rotatable bonds is 5. The van der Waals surface area contributed by atoms with Gasteiger partial charge in [0.2, 0.25) is 0 Å². The van der Waals surface area contributed by atoms with Crippen LogP contribution in [-0.2, 0) is 11.3 Å². The topological polar surface area (TPSA) is 89.4 Å². The Morgan fingerprint density at radius 2 is 1.83 bits per heavy atom. The normalized spacial score (nSPS) is 9.96. The summed E-state index contributed by atoms with van der Waals surface area (Å²) in [7, 11) is 0. The first-order chi connectivity index (χ1) is 11.1. The van der Waals surface area contributed by atoms with Gasteiger partial charge < -0.3 is 9.30 Å². The summed E-state index contributed by atoms with van der Waals surface area (Å²) in [5, 5.41) is 0. The summed E-state index contributed by atoms with van der Waals surface area (Å²) >= 11 is 0. The number of ether oxygens (including phenoxy) is 1. The third kappa shape index (κ3) is 4.70. The van der Waals surface area contributed by atoms with E-state index in [1.165, 1.54) is 16.8 Å². The van der Waals surface area contributed by atoms with Crippen molar-refractivity contribution in [1.29, 1.82) is 0 Å². The van der Waals surface area contributed by atoms with Crippen molar-refractivity contribution < 1.29 is 14.3 Å². The molecule has 7 heteroatoms. The number of amides is 2. The van der Waals surface area contributed by atoms with Crippen molar-refractivity contribution in [2.24, 2.45) is 0 Å². The van der Waals surface area contributed by atoms with Gasteiger partial charge in [0, 0.05) is 17.8 Å². The average Bonchev–Trinajstić information content (AvgIpc) is 2.56. The van der Waals surface area contributed by atoms with Crippen molar-refractivity contribution in [1.82, 2.24) is 15.4 Å². The van der Waals surface area contributed by atoms with Gasteiger partial charge in [0.15, 0.2) is 0 Å². The molecule has 0 saturated heterocycles. The maximum Gasteiger partial charge on any atom is 0.269 e. The van der Waals surface area contributed by atoms with Crippen LogP contribution in [0.25, 0.3) is 0 Å². The van der Waals surface area contributed by atoms with E-state index < -0.39 is 11.8 Å². The van der Waals surface area contributed by atoms with Crippen LogP contribution in [0.15, 0.2) is 53.5 Å². The van der Waals surface area contributed by atoms with E-state index >= 15 is 0 Å². The molecule has 0 saturated carbocycles.